The van der Waals surface area contributed by atoms with Crippen LogP contribution in [0.2, 0.25) is 0 Å². The maximum atomic E-state index is 13.3. The zero-order valence-corrected chi connectivity index (χ0v) is 22.4. The number of aryl methyl sites for hydroxylation is 1. The molecule has 198 valence electrons. The van der Waals surface area contributed by atoms with Crippen molar-refractivity contribution in [3.05, 3.63) is 99.9 Å². The van der Waals surface area contributed by atoms with Crippen molar-refractivity contribution in [3.8, 4) is 11.3 Å². The quantitative estimate of drug-likeness (QED) is 0.243. The first-order valence-corrected chi connectivity index (χ1v) is 13.4. The number of anilines is 2. The number of rotatable bonds is 9. The summed E-state index contributed by atoms with van der Waals surface area (Å²) in [6.45, 7) is 2.32. The molecule has 1 heterocycles. The number of thiazole rings is 1. The van der Waals surface area contributed by atoms with E-state index in [1.165, 1.54) is 18.4 Å². The molecule has 1 aliphatic rings. The Morgan fingerprint density at radius 2 is 1.67 bits per heavy atom. The van der Waals surface area contributed by atoms with E-state index in [9.17, 15) is 14.4 Å². The van der Waals surface area contributed by atoms with E-state index in [0.717, 1.165) is 29.7 Å². The SMILES string of the molecule is COC(=O)c1ccc(-c2nc(Nc3cc(C(=O)NC4CC4)ccc3C)sc2C(=O)NCc2ccccc2)cc1. The van der Waals surface area contributed by atoms with Gasteiger partial charge in [0.25, 0.3) is 11.8 Å². The lowest BCUT2D eigenvalue weighted by Crippen LogP contribution is -2.25. The molecule has 5 rings (SSSR count). The van der Waals surface area contributed by atoms with Crippen LogP contribution in [0, 0.1) is 6.92 Å². The van der Waals surface area contributed by atoms with Crippen molar-refractivity contribution in [1.29, 1.82) is 0 Å². The van der Waals surface area contributed by atoms with Gasteiger partial charge in [0, 0.05) is 29.4 Å². The van der Waals surface area contributed by atoms with Crippen molar-refractivity contribution in [2.45, 2.75) is 32.4 Å². The van der Waals surface area contributed by atoms with E-state index in [2.05, 4.69) is 16.0 Å². The Bertz CT molecular complexity index is 1510. The van der Waals surface area contributed by atoms with E-state index in [4.69, 9.17) is 9.72 Å². The predicted octanol–water partition coefficient (Wildman–Crippen LogP) is 5.47. The molecule has 1 fully saturated rings. The number of esters is 1. The van der Waals surface area contributed by atoms with Crippen LogP contribution in [0.15, 0.2) is 72.8 Å². The molecule has 1 aliphatic carbocycles. The van der Waals surface area contributed by atoms with E-state index in [1.807, 2.05) is 43.3 Å². The average molecular weight is 541 g/mol. The van der Waals surface area contributed by atoms with Gasteiger partial charge < -0.3 is 20.7 Å². The smallest absolute Gasteiger partial charge is 0.337 e. The molecule has 0 unspecified atom stereocenters. The third-order valence-electron chi connectivity index (χ3n) is 6.36. The minimum atomic E-state index is -0.441. The highest BCUT2D eigenvalue weighted by Crippen LogP contribution is 2.34. The number of aromatic nitrogens is 1. The van der Waals surface area contributed by atoms with Gasteiger partial charge in [-0.2, -0.15) is 0 Å². The molecular formula is C30H28N4O4S. The molecule has 0 atom stereocenters. The molecule has 0 bridgehead atoms. The number of nitrogens with one attached hydrogen (secondary N) is 3. The second-order valence-corrected chi connectivity index (χ2v) is 10.3. The fourth-order valence-corrected chi connectivity index (χ4v) is 4.89. The highest BCUT2D eigenvalue weighted by Gasteiger charge is 2.24. The number of hydrogen-bond acceptors (Lipinski definition) is 7. The van der Waals surface area contributed by atoms with Crippen molar-refractivity contribution >= 4 is 39.9 Å². The third kappa shape index (κ3) is 6.32. The van der Waals surface area contributed by atoms with Gasteiger partial charge in [0.2, 0.25) is 0 Å². The standard InChI is InChI=1S/C30H28N4O4S/c1-18-8-9-22(27(35)32-23-14-15-23)16-24(18)33-30-34-25(20-10-12-21(13-11-20)29(37)38-2)26(39-30)28(36)31-17-19-6-4-3-5-7-19/h3-13,16,23H,14-15,17H2,1-2H3,(H,31,36)(H,32,35)(H,33,34). The molecule has 0 aliphatic heterocycles. The molecule has 3 aromatic carbocycles. The number of carbonyl (C=O) groups excluding carboxylic acids is 3. The zero-order chi connectivity index (χ0) is 27.4. The summed E-state index contributed by atoms with van der Waals surface area (Å²) in [5, 5.41) is 9.80. The summed E-state index contributed by atoms with van der Waals surface area (Å²) >= 11 is 1.22. The molecule has 8 nitrogen and oxygen atoms in total. The van der Waals surface area contributed by atoms with E-state index >= 15 is 0 Å². The molecule has 2 amide bonds. The van der Waals surface area contributed by atoms with Crippen LogP contribution in [0.25, 0.3) is 11.3 Å². The summed E-state index contributed by atoms with van der Waals surface area (Å²) in [6.07, 6.45) is 2.03. The summed E-state index contributed by atoms with van der Waals surface area (Å²) in [4.78, 5) is 43.0. The number of benzene rings is 3. The summed E-state index contributed by atoms with van der Waals surface area (Å²) in [6, 6.07) is 22.2. The Morgan fingerprint density at radius 1 is 0.949 bits per heavy atom. The molecular weight excluding hydrogens is 512 g/mol. The van der Waals surface area contributed by atoms with Gasteiger partial charge >= 0.3 is 5.97 Å². The van der Waals surface area contributed by atoms with Gasteiger partial charge in [0.1, 0.15) is 4.88 Å². The fraction of sp³-hybridized carbons (Fsp3) is 0.200. The Kier molecular flexibility index (Phi) is 7.69. The van der Waals surface area contributed by atoms with Gasteiger partial charge in [0.05, 0.1) is 18.4 Å². The molecule has 39 heavy (non-hydrogen) atoms. The predicted molar refractivity (Wildman–Crippen MR) is 151 cm³/mol. The van der Waals surface area contributed by atoms with Crippen LogP contribution in [0.5, 0.6) is 0 Å². The number of hydrogen-bond donors (Lipinski definition) is 3. The molecule has 0 saturated heterocycles. The van der Waals surface area contributed by atoms with Crippen molar-refractivity contribution < 1.29 is 19.1 Å². The lowest BCUT2D eigenvalue weighted by molar-refractivity contribution is 0.0600. The van der Waals surface area contributed by atoms with Gasteiger partial charge in [-0.1, -0.05) is 59.9 Å². The van der Waals surface area contributed by atoms with E-state index in [1.54, 1.807) is 36.4 Å². The molecule has 3 N–H and O–H groups in total. The third-order valence-corrected chi connectivity index (χ3v) is 7.33. The summed E-state index contributed by atoms with van der Waals surface area (Å²) < 4.78 is 4.80. The van der Waals surface area contributed by atoms with E-state index in [0.29, 0.717) is 38.9 Å². The Hall–Kier alpha value is -4.50. The number of amides is 2. The first-order valence-electron chi connectivity index (χ1n) is 12.6. The van der Waals surface area contributed by atoms with Gasteiger partial charge in [-0.3, -0.25) is 9.59 Å². The topological polar surface area (TPSA) is 109 Å². The lowest BCUT2D eigenvalue weighted by Gasteiger charge is -2.10. The summed E-state index contributed by atoms with van der Waals surface area (Å²) in [5.41, 5.74) is 4.79. The van der Waals surface area contributed by atoms with Gasteiger partial charge in [-0.05, 0) is 55.2 Å². The van der Waals surface area contributed by atoms with Crippen LogP contribution in [-0.2, 0) is 11.3 Å². The Balaban J connectivity index is 1.44. The minimum absolute atomic E-state index is 0.105. The fourth-order valence-electron chi connectivity index (χ4n) is 3.97. The highest BCUT2D eigenvalue weighted by atomic mass is 32.1. The van der Waals surface area contributed by atoms with Crippen molar-refractivity contribution in [2.75, 3.05) is 12.4 Å². The van der Waals surface area contributed by atoms with Crippen molar-refractivity contribution in [3.63, 3.8) is 0 Å². The lowest BCUT2D eigenvalue weighted by atomic mass is 10.1. The molecule has 4 aromatic rings. The normalized spacial score (nSPS) is 12.5. The maximum Gasteiger partial charge on any atom is 0.337 e. The van der Waals surface area contributed by atoms with Gasteiger partial charge in [-0.25, -0.2) is 9.78 Å². The molecule has 1 saturated carbocycles. The summed E-state index contributed by atoms with van der Waals surface area (Å²) in [7, 11) is 1.33. The molecule has 0 radical (unpaired) electrons. The van der Waals surface area contributed by atoms with Crippen LogP contribution >= 0.6 is 11.3 Å². The van der Waals surface area contributed by atoms with E-state index < -0.39 is 5.97 Å². The monoisotopic (exact) mass is 540 g/mol. The van der Waals surface area contributed by atoms with Crippen molar-refractivity contribution in [1.82, 2.24) is 15.6 Å². The second-order valence-electron chi connectivity index (χ2n) is 9.34. The number of methoxy groups -OCH3 is 1. The van der Waals surface area contributed by atoms with Crippen LogP contribution in [0.3, 0.4) is 0 Å². The molecule has 9 heteroatoms. The Labute approximate surface area is 230 Å². The van der Waals surface area contributed by atoms with E-state index in [-0.39, 0.29) is 17.9 Å². The second kappa shape index (κ2) is 11.5. The molecule has 1 aromatic heterocycles. The number of carbonyl (C=O) groups is 3. The molecule has 0 spiro atoms. The van der Waals surface area contributed by atoms with Crippen LogP contribution < -0.4 is 16.0 Å². The van der Waals surface area contributed by atoms with Crippen LogP contribution in [-0.4, -0.2) is 35.9 Å². The average Bonchev–Trinajstić information content (AvgIpc) is 3.68. The highest BCUT2D eigenvalue weighted by molar-refractivity contribution is 7.18. The van der Waals surface area contributed by atoms with Crippen LogP contribution in [0.4, 0.5) is 10.8 Å². The first kappa shape index (κ1) is 26.1. The Morgan fingerprint density at radius 3 is 2.36 bits per heavy atom. The minimum Gasteiger partial charge on any atom is -0.465 e. The summed E-state index contributed by atoms with van der Waals surface area (Å²) in [5.74, 6) is -0.804. The number of ether oxygens (including phenoxy) is 1. The van der Waals surface area contributed by atoms with Gasteiger partial charge in [-0.15, -0.1) is 0 Å². The largest absolute Gasteiger partial charge is 0.465 e. The number of nitrogens with zero attached hydrogens (tertiary/aromatic N) is 1. The maximum absolute atomic E-state index is 13.3. The first-order chi connectivity index (χ1) is 18.9. The van der Waals surface area contributed by atoms with Crippen molar-refractivity contribution in [2.24, 2.45) is 0 Å². The van der Waals surface area contributed by atoms with Gasteiger partial charge in [0.15, 0.2) is 5.13 Å². The van der Waals surface area contributed by atoms with Crippen LogP contribution in [0.1, 0.15) is 54.4 Å². The zero-order valence-electron chi connectivity index (χ0n) is 21.6.